The van der Waals surface area contributed by atoms with Gasteiger partial charge in [-0.3, -0.25) is 9.59 Å². The fraction of sp³-hybridized carbons (Fsp3) is 0.500. The second kappa shape index (κ2) is 10.7. The molecular formula is C18H26ClN3O4. The molecule has 0 aliphatic carbocycles. The fourth-order valence-corrected chi connectivity index (χ4v) is 2.06. The lowest BCUT2D eigenvalue weighted by molar-refractivity contribution is -0.122. The van der Waals surface area contributed by atoms with Gasteiger partial charge in [0.15, 0.2) is 0 Å². The Morgan fingerprint density at radius 2 is 1.54 bits per heavy atom. The van der Waals surface area contributed by atoms with Crippen LogP contribution in [0.1, 0.15) is 32.8 Å². The summed E-state index contributed by atoms with van der Waals surface area (Å²) in [6.07, 6.45) is 0.327. The van der Waals surface area contributed by atoms with Crippen molar-refractivity contribution in [3.63, 3.8) is 0 Å². The van der Waals surface area contributed by atoms with Crippen molar-refractivity contribution in [2.75, 3.05) is 19.6 Å². The molecule has 7 nitrogen and oxygen atoms in total. The summed E-state index contributed by atoms with van der Waals surface area (Å²) in [5, 5.41) is 8.34. The van der Waals surface area contributed by atoms with Crippen LogP contribution in [-0.2, 0) is 20.7 Å². The number of carbonyl (C=O) groups is 3. The second-order valence-corrected chi connectivity index (χ2v) is 7.12. The molecule has 0 saturated carbocycles. The third-order valence-corrected chi connectivity index (χ3v) is 3.37. The molecule has 0 unspecified atom stereocenters. The first kappa shape index (κ1) is 21.8. The van der Waals surface area contributed by atoms with Crippen molar-refractivity contribution in [1.29, 1.82) is 0 Å². The summed E-state index contributed by atoms with van der Waals surface area (Å²) in [6, 6.07) is 7.34. The third-order valence-electron chi connectivity index (χ3n) is 3.12. The Kier molecular flexibility index (Phi) is 8.92. The number of hydrogen-bond donors (Lipinski definition) is 3. The highest BCUT2D eigenvalue weighted by Crippen LogP contribution is 2.10. The van der Waals surface area contributed by atoms with E-state index in [1.165, 1.54) is 0 Å². The molecule has 0 radical (unpaired) electrons. The van der Waals surface area contributed by atoms with Gasteiger partial charge in [0, 0.05) is 24.5 Å². The molecule has 0 heterocycles. The molecule has 26 heavy (non-hydrogen) atoms. The number of alkyl carbamates (subject to hydrolysis) is 1. The fourth-order valence-electron chi connectivity index (χ4n) is 1.93. The number of rotatable bonds is 8. The van der Waals surface area contributed by atoms with Gasteiger partial charge in [0.05, 0.1) is 6.54 Å². The molecule has 0 aliphatic rings. The summed E-state index contributed by atoms with van der Waals surface area (Å²) in [7, 11) is 0. The van der Waals surface area contributed by atoms with E-state index in [9.17, 15) is 14.4 Å². The van der Waals surface area contributed by atoms with Gasteiger partial charge in [0.2, 0.25) is 11.8 Å². The van der Waals surface area contributed by atoms with Crippen LogP contribution in [0.15, 0.2) is 24.3 Å². The summed E-state index contributed by atoms with van der Waals surface area (Å²) >= 11 is 5.81. The molecule has 1 rings (SSSR count). The van der Waals surface area contributed by atoms with Gasteiger partial charge in [-0.25, -0.2) is 4.79 Å². The normalized spacial score (nSPS) is 10.8. The van der Waals surface area contributed by atoms with Crippen LogP contribution in [0, 0.1) is 0 Å². The molecule has 0 bridgehead atoms. The van der Waals surface area contributed by atoms with E-state index in [1.54, 1.807) is 32.9 Å². The number of benzene rings is 1. The summed E-state index contributed by atoms with van der Waals surface area (Å²) in [6.45, 7) is 5.63. The Balaban J connectivity index is 2.09. The number of halogens is 1. The van der Waals surface area contributed by atoms with E-state index in [1.807, 2.05) is 12.1 Å². The predicted molar refractivity (Wildman–Crippen MR) is 100 cm³/mol. The van der Waals surface area contributed by atoms with Crippen molar-refractivity contribution in [2.45, 2.75) is 39.2 Å². The van der Waals surface area contributed by atoms with E-state index in [0.717, 1.165) is 5.56 Å². The highest BCUT2D eigenvalue weighted by Gasteiger charge is 2.16. The van der Waals surface area contributed by atoms with Gasteiger partial charge in [0.25, 0.3) is 0 Å². The minimum absolute atomic E-state index is 0.0962. The molecule has 144 valence electrons. The molecule has 0 fully saturated rings. The van der Waals surface area contributed by atoms with Crippen LogP contribution in [0.4, 0.5) is 4.79 Å². The van der Waals surface area contributed by atoms with Crippen LogP contribution in [0.25, 0.3) is 0 Å². The van der Waals surface area contributed by atoms with Gasteiger partial charge in [-0.15, -0.1) is 0 Å². The first-order valence-corrected chi connectivity index (χ1v) is 8.78. The van der Waals surface area contributed by atoms with Crippen molar-refractivity contribution < 1.29 is 19.1 Å². The van der Waals surface area contributed by atoms with Crippen LogP contribution >= 0.6 is 11.6 Å². The van der Waals surface area contributed by atoms with Gasteiger partial charge >= 0.3 is 6.09 Å². The zero-order valence-corrected chi connectivity index (χ0v) is 16.1. The quantitative estimate of drug-likeness (QED) is 0.598. The number of carbonyl (C=O) groups excluding carboxylic acids is 3. The van der Waals surface area contributed by atoms with Gasteiger partial charge in [-0.2, -0.15) is 0 Å². The minimum atomic E-state index is -0.650. The maximum atomic E-state index is 11.8. The molecule has 0 saturated heterocycles. The summed E-state index contributed by atoms with van der Waals surface area (Å²) in [5.74, 6) is -0.452. The number of hydrogen-bond acceptors (Lipinski definition) is 4. The van der Waals surface area contributed by atoms with Gasteiger partial charge in [0.1, 0.15) is 5.60 Å². The zero-order chi connectivity index (χ0) is 19.6. The largest absolute Gasteiger partial charge is 0.444 e. The lowest BCUT2D eigenvalue weighted by Crippen LogP contribution is -2.42. The highest BCUT2D eigenvalue weighted by atomic mass is 35.5. The topological polar surface area (TPSA) is 96.5 Å². The lowest BCUT2D eigenvalue weighted by atomic mass is 10.1. The van der Waals surface area contributed by atoms with Crippen molar-refractivity contribution in [1.82, 2.24) is 16.0 Å². The predicted octanol–water partition coefficient (Wildman–Crippen LogP) is 2.03. The summed E-state index contributed by atoms with van der Waals surface area (Å²) in [4.78, 5) is 34.8. The van der Waals surface area contributed by atoms with Crippen molar-refractivity contribution in [2.24, 2.45) is 0 Å². The first-order chi connectivity index (χ1) is 12.2. The highest BCUT2D eigenvalue weighted by molar-refractivity contribution is 6.30. The van der Waals surface area contributed by atoms with E-state index in [-0.39, 0.29) is 24.9 Å². The molecule has 1 aromatic carbocycles. The van der Waals surface area contributed by atoms with Crippen LogP contribution in [0.3, 0.4) is 0 Å². The average molecular weight is 384 g/mol. The van der Waals surface area contributed by atoms with Crippen molar-refractivity contribution in [3.8, 4) is 0 Å². The van der Waals surface area contributed by atoms with Gasteiger partial charge in [-0.05, 0) is 44.9 Å². The van der Waals surface area contributed by atoms with Gasteiger partial charge < -0.3 is 20.7 Å². The Bertz CT molecular complexity index is 612. The maximum Gasteiger partial charge on any atom is 0.408 e. The number of amides is 3. The molecule has 3 N–H and O–H groups in total. The van der Waals surface area contributed by atoms with Gasteiger partial charge in [-0.1, -0.05) is 23.7 Å². The molecule has 8 heteroatoms. The Morgan fingerprint density at radius 1 is 0.962 bits per heavy atom. The zero-order valence-electron chi connectivity index (χ0n) is 15.4. The maximum absolute atomic E-state index is 11.8. The smallest absolute Gasteiger partial charge is 0.408 e. The standard InChI is InChI=1S/C18H26ClN3O4/c1-18(2,3)26-17(25)22-12-16(24)21-11-10-20-15(23)9-6-13-4-7-14(19)8-5-13/h4-5,7-8H,6,9-12H2,1-3H3,(H,20,23)(H,21,24)(H,22,25). The SMILES string of the molecule is CC(C)(C)OC(=O)NCC(=O)NCCNC(=O)CCc1ccc(Cl)cc1. The van der Waals surface area contributed by atoms with E-state index in [2.05, 4.69) is 16.0 Å². The Labute approximate surface area is 158 Å². The van der Waals surface area contributed by atoms with Crippen LogP contribution < -0.4 is 16.0 Å². The van der Waals surface area contributed by atoms with Crippen molar-refractivity contribution >= 4 is 29.5 Å². The number of aryl methyl sites for hydroxylation is 1. The van der Waals surface area contributed by atoms with E-state index < -0.39 is 11.7 Å². The number of nitrogens with one attached hydrogen (secondary N) is 3. The summed E-state index contributed by atoms with van der Waals surface area (Å²) in [5.41, 5.74) is 0.419. The lowest BCUT2D eigenvalue weighted by Gasteiger charge is -2.19. The van der Waals surface area contributed by atoms with Crippen molar-refractivity contribution in [3.05, 3.63) is 34.9 Å². The molecular weight excluding hydrogens is 358 g/mol. The monoisotopic (exact) mass is 383 g/mol. The van der Waals surface area contributed by atoms with E-state index in [0.29, 0.717) is 24.4 Å². The Hall–Kier alpha value is -2.28. The first-order valence-electron chi connectivity index (χ1n) is 8.40. The molecule has 0 atom stereocenters. The van der Waals surface area contributed by atoms with E-state index in [4.69, 9.17) is 16.3 Å². The average Bonchev–Trinajstić information content (AvgIpc) is 2.55. The van der Waals surface area contributed by atoms with Crippen LogP contribution in [0.5, 0.6) is 0 Å². The molecule has 3 amide bonds. The van der Waals surface area contributed by atoms with E-state index >= 15 is 0 Å². The minimum Gasteiger partial charge on any atom is -0.444 e. The molecule has 0 aliphatic heterocycles. The Morgan fingerprint density at radius 3 is 2.12 bits per heavy atom. The third kappa shape index (κ3) is 10.6. The molecule has 0 aromatic heterocycles. The van der Waals surface area contributed by atoms with Crippen LogP contribution in [0.2, 0.25) is 5.02 Å². The second-order valence-electron chi connectivity index (χ2n) is 6.68. The number of ether oxygens (including phenoxy) is 1. The van der Waals surface area contributed by atoms with Crippen LogP contribution in [-0.4, -0.2) is 43.1 Å². The molecule has 1 aromatic rings. The summed E-state index contributed by atoms with van der Waals surface area (Å²) < 4.78 is 5.02. The molecule has 0 spiro atoms.